The van der Waals surface area contributed by atoms with Crippen LogP contribution in [0, 0.1) is 13.8 Å². The summed E-state index contributed by atoms with van der Waals surface area (Å²) in [7, 11) is -2.16. The molecule has 0 radical (unpaired) electrons. The smallest absolute Gasteiger partial charge is 0.354 e. The van der Waals surface area contributed by atoms with E-state index in [1.165, 1.54) is 10.6 Å². The predicted molar refractivity (Wildman–Crippen MR) is 88.1 cm³/mol. The highest BCUT2D eigenvalue weighted by Crippen LogP contribution is 2.23. The summed E-state index contributed by atoms with van der Waals surface area (Å²) >= 11 is 0. The second kappa shape index (κ2) is 6.45. The highest BCUT2D eigenvalue weighted by Gasteiger charge is 2.25. The van der Waals surface area contributed by atoms with Crippen LogP contribution in [0.4, 0.5) is 5.69 Å². The Morgan fingerprint density at radius 3 is 2.57 bits per heavy atom. The lowest BCUT2D eigenvalue weighted by Gasteiger charge is -2.08. The van der Waals surface area contributed by atoms with E-state index in [0.29, 0.717) is 11.4 Å². The Kier molecular flexibility index (Phi) is 4.79. The van der Waals surface area contributed by atoms with Crippen LogP contribution in [0.2, 0.25) is 0 Å². The first-order valence-electron chi connectivity index (χ1n) is 7.19. The molecule has 0 bridgehead atoms. The zero-order valence-electron chi connectivity index (χ0n) is 13.6. The molecule has 0 fully saturated rings. The first kappa shape index (κ1) is 17.1. The number of nitrogens with one attached hydrogen (secondary N) is 1. The summed E-state index contributed by atoms with van der Waals surface area (Å²) < 4.78 is 34.2. The monoisotopic (exact) mass is 336 g/mol. The molecule has 0 amide bonds. The van der Waals surface area contributed by atoms with Crippen molar-refractivity contribution in [2.75, 3.05) is 11.3 Å². The van der Waals surface area contributed by atoms with Crippen molar-refractivity contribution in [2.24, 2.45) is 7.05 Å². The number of ether oxygens (including phenoxy) is 1. The largest absolute Gasteiger partial charge is 0.461 e. The molecule has 2 rings (SSSR count). The number of hydrogen-bond acceptors (Lipinski definition) is 4. The molecular weight excluding hydrogens is 316 g/mol. The number of aryl methyl sites for hydroxylation is 1. The standard InChI is InChI=1S/C16H20N2O4S/c1-5-22-16(19)14-10-15(12(3)18(14)4)23(20,21)17-13-8-6-7-11(2)9-13/h6-10,17H,5H2,1-4H3. The van der Waals surface area contributed by atoms with Crippen LogP contribution in [0.25, 0.3) is 0 Å². The van der Waals surface area contributed by atoms with Gasteiger partial charge in [0.25, 0.3) is 10.0 Å². The van der Waals surface area contributed by atoms with Gasteiger partial charge >= 0.3 is 5.97 Å². The number of carbonyl (C=O) groups is 1. The summed E-state index contributed by atoms with van der Waals surface area (Å²) in [6, 6.07) is 8.40. The van der Waals surface area contributed by atoms with Crippen LogP contribution >= 0.6 is 0 Å². The van der Waals surface area contributed by atoms with E-state index >= 15 is 0 Å². The molecule has 1 aromatic carbocycles. The summed E-state index contributed by atoms with van der Waals surface area (Å²) in [5.41, 5.74) is 2.09. The molecule has 0 saturated heterocycles. The maximum atomic E-state index is 12.6. The molecule has 0 spiro atoms. The molecular formula is C16H20N2O4S. The van der Waals surface area contributed by atoms with E-state index < -0.39 is 16.0 Å². The van der Waals surface area contributed by atoms with E-state index in [4.69, 9.17) is 4.74 Å². The molecule has 0 saturated carbocycles. The number of esters is 1. The second-order valence-electron chi connectivity index (χ2n) is 5.23. The Bertz CT molecular complexity index is 838. The topological polar surface area (TPSA) is 77.4 Å². The van der Waals surface area contributed by atoms with Gasteiger partial charge in [0.2, 0.25) is 0 Å². The van der Waals surface area contributed by atoms with Gasteiger partial charge in [-0.05, 0) is 44.5 Å². The fraction of sp³-hybridized carbons (Fsp3) is 0.312. The SMILES string of the molecule is CCOC(=O)c1cc(S(=O)(=O)Nc2cccc(C)c2)c(C)n1C. The van der Waals surface area contributed by atoms with Crippen molar-refractivity contribution >= 4 is 21.7 Å². The highest BCUT2D eigenvalue weighted by atomic mass is 32.2. The van der Waals surface area contributed by atoms with Crippen LogP contribution in [0.3, 0.4) is 0 Å². The number of carbonyl (C=O) groups excluding carboxylic acids is 1. The van der Waals surface area contributed by atoms with Gasteiger partial charge in [-0.3, -0.25) is 4.72 Å². The molecule has 124 valence electrons. The quantitative estimate of drug-likeness (QED) is 0.852. The zero-order valence-corrected chi connectivity index (χ0v) is 14.4. The highest BCUT2D eigenvalue weighted by molar-refractivity contribution is 7.92. The van der Waals surface area contributed by atoms with Crippen molar-refractivity contribution in [3.63, 3.8) is 0 Å². The summed E-state index contributed by atoms with van der Waals surface area (Å²) in [5, 5.41) is 0. The minimum atomic E-state index is -3.79. The van der Waals surface area contributed by atoms with E-state index in [2.05, 4.69) is 4.72 Å². The normalized spacial score (nSPS) is 11.3. The summed E-state index contributed by atoms with van der Waals surface area (Å²) in [4.78, 5) is 12.0. The van der Waals surface area contributed by atoms with Crippen molar-refractivity contribution in [1.29, 1.82) is 0 Å². The second-order valence-corrected chi connectivity index (χ2v) is 6.88. The number of rotatable bonds is 5. The Hall–Kier alpha value is -2.28. The lowest BCUT2D eigenvalue weighted by Crippen LogP contribution is -2.13. The van der Waals surface area contributed by atoms with Crippen LogP contribution in [-0.2, 0) is 21.8 Å². The zero-order chi connectivity index (χ0) is 17.2. The van der Waals surface area contributed by atoms with Gasteiger partial charge in [-0.25, -0.2) is 13.2 Å². The maximum Gasteiger partial charge on any atom is 0.354 e. The van der Waals surface area contributed by atoms with Gasteiger partial charge in [0.05, 0.1) is 6.61 Å². The van der Waals surface area contributed by atoms with Crippen LogP contribution in [-0.4, -0.2) is 25.6 Å². The Balaban J connectivity index is 2.40. The number of anilines is 1. The van der Waals surface area contributed by atoms with Gasteiger partial charge in [-0.15, -0.1) is 0 Å². The molecule has 1 heterocycles. The van der Waals surface area contributed by atoms with Crippen LogP contribution in [0.5, 0.6) is 0 Å². The predicted octanol–water partition coefficient (Wildman–Crippen LogP) is 2.62. The number of sulfonamides is 1. The van der Waals surface area contributed by atoms with Gasteiger partial charge in [-0.1, -0.05) is 12.1 Å². The van der Waals surface area contributed by atoms with E-state index in [0.717, 1.165) is 5.56 Å². The van der Waals surface area contributed by atoms with E-state index in [1.54, 1.807) is 39.1 Å². The van der Waals surface area contributed by atoms with E-state index in [1.807, 2.05) is 13.0 Å². The van der Waals surface area contributed by atoms with Crippen molar-refractivity contribution < 1.29 is 17.9 Å². The van der Waals surface area contributed by atoms with Crippen molar-refractivity contribution in [1.82, 2.24) is 4.57 Å². The average molecular weight is 336 g/mol. The van der Waals surface area contributed by atoms with Gasteiger partial charge in [0.15, 0.2) is 0 Å². The molecule has 0 aliphatic carbocycles. The minimum absolute atomic E-state index is 0.0598. The third-order valence-electron chi connectivity index (χ3n) is 3.53. The molecule has 2 aromatic rings. The Labute approximate surface area is 136 Å². The first-order valence-corrected chi connectivity index (χ1v) is 8.67. The summed E-state index contributed by atoms with van der Waals surface area (Å²) in [6.07, 6.45) is 0. The number of benzene rings is 1. The van der Waals surface area contributed by atoms with Crippen LogP contribution in [0.15, 0.2) is 35.2 Å². The molecule has 23 heavy (non-hydrogen) atoms. The fourth-order valence-electron chi connectivity index (χ4n) is 2.26. The molecule has 0 aliphatic rings. The third-order valence-corrected chi connectivity index (χ3v) is 5.03. The van der Waals surface area contributed by atoms with E-state index in [9.17, 15) is 13.2 Å². The summed E-state index contributed by atoms with van der Waals surface area (Å²) in [6.45, 7) is 5.45. The molecule has 1 N–H and O–H groups in total. The van der Waals surface area contributed by atoms with Crippen molar-refractivity contribution in [3.8, 4) is 0 Å². The molecule has 6 nitrogen and oxygen atoms in total. The van der Waals surface area contributed by atoms with Crippen molar-refractivity contribution in [2.45, 2.75) is 25.7 Å². The fourth-order valence-corrected chi connectivity index (χ4v) is 3.60. The average Bonchev–Trinajstić information content (AvgIpc) is 2.76. The number of aromatic nitrogens is 1. The molecule has 1 aromatic heterocycles. The maximum absolute atomic E-state index is 12.6. The molecule has 0 unspecified atom stereocenters. The van der Waals surface area contributed by atoms with Gasteiger partial charge < -0.3 is 9.30 Å². The lowest BCUT2D eigenvalue weighted by molar-refractivity contribution is 0.0515. The molecule has 0 atom stereocenters. The van der Waals surface area contributed by atoms with Crippen LogP contribution in [0.1, 0.15) is 28.7 Å². The lowest BCUT2D eigenvalue weighted by atomic mass is 10.2. The third kappa shape index (κ3) is 3.56. The Morgan fingerprint density at radius 2 is 1.96 bits per heavy atom. The molecule has 7 heteroatoms. The van der Waals surface area contributed by atoms with Gasteiger partial charge in [0.1, 0.15) is 10.6 Å². The van der Waals surface area contributed by atoms with Crippen molar-refractivity contribution in [3.05, 3.63) is 47.3 Å². The van der Waals surface area contributed by atoms with Gasteiger partial charge in [0, 0.05) is 18.4 Å². The minimum Gasteiger partial charge on any atom is -0.461 e. The summed E-state index contributed by atoms with van der Waals surface area (Å²) in [5.74, 6) is -0.546. The first-order chi connectivity index (χ1) is 10.8. The van der Waals surface area contributed by atoms with Gasteiger partial charge in [-0.2, -0.15) is 0 Å². The Morgan fingerprint density at radius 1 is 1.26 bits per heavy atom. The number of hydrogen-bond donors (Lipinski definition) is 1. The molecule has 0 aliphatic heterocycles. The number of nitrogens with zero attached hydrogens (tertiary/aromatic N) is 1. The van der Waals surface area contributed by atoms with Crippen LogP contribution < -0.4 is 4.72 Å². The van der Waals surface area contributed by atoms with E-state index in [-0.39, 0.29) is 17.2 Å².